The van der Waals surface area contributed by atoms with Crippen molar-refractivity contribution in [2.75, 3.05) is 19.6 Å². The Morgan fingerprint density at radius 3 is 2.44 bits per heavy atom. The largest absolute Gasteiger partial charge is 0.353 e. The molecule has 0 saturated carbocycles. The number of halogens is 2. The molecule has 2 aromatic carbocycles. The maximum absolute atomic E-state index is 12.5. The fraction of sp³-hybridized carbons (Fsp3) is 0.182. The van der Waals surface area contributed by atoms with Crippen LogP contribution in [0.4, 0.5) is 4.79 Å². The number of nitrogens with one attached hydrogen (secondary N) is 2. The maximum Gasteiger partial charge on any atom is 0.293 e. The highest BCUT2D eigenvalue weighted by atomic mass is 35.5. The van der Waals surface area contributed by atoms with Gasteiger partial charge in [-0.25, -0.2) is 0 Å². The predicted molar refractivity (Wildman–Crippen MR) is 126 cm³/mol. The Morgan fingerprint density at radius 2 is 1.75 bits per heavy atom. The average molecular weight is 492 g/mol. The molecule has 3 rings (SSSR count). The molecule has 0 spiro atoms. The summed E-state index contributed by atoms with van der Waals surface area (Å²) in [6.07, 6.45) is 1.56. The number of imide groups is 1. The molecule has 0 atom stereocenters. The smallest absolute Gasteiger partial charge is 0.293 e. The maximum atomic E-state index is 12.5. The standard InChI is InChI=1S/C22H19Cl2N3O4S/c1-13-2-5-15(6-3-13)20(29)26-12-19(28)25-8-9-27-21(30)18(32-22(27)31)11-14-4-7-16(23)17(24)10-14/h2-7,10-11H,8-9,12H2,1H3,(H,25,28)(H,26,29)/b18-11+. The third-order valence-corrected chi connectivity index (χ3v) is 6.14. The van der Waals surface area contributed by atoms with Gasteiger partial charge in [-0.15, -0.1) is 0 Å². The van der Waals surface area contributed by atoms with Crippen molar-refractivity contribution in [1.82, 2.24) is 15.5 Å². The Labute approximate surface area is 199 Å². The summed E-state index contributed by atoms with van der Waals surface area (Å²) in [7, 11) is 0. The Balaban J connectivity index is 1.47. The summed E-state index contributed by atoms with van der Waals surface area (Å²) in [5.74, 6) is -1.24. The molecule has 1 heterocycles. The Morgan fingerprint density at radius 1 is 1.03 bits per heavy atom. The first-order chi connectivity index (χ1) is 15.2. The van der Waals surface area contributed by atoms with E-state index in [1.54, 1.807) is 48.5 Å². The molecule has 0 bridgehead atoms. The SMILES string of the molecule is Cc1ccc(C(=O)NCC(=O)NCCN2C(=O)S/C(=C/c3ccc(Cl)c(Cl)c3)C2=O)cc1. The van der Waals surface area contributed by atoms with Crippen molar-refractivity contribution < 1.29 is 19.2 Å². The quantitative estimate of drug-likeness (QED) is 0.572. The third kappa shape index (κ3) is 6.12. The van der Waals surface area contributed by atoms with Crippen LogP contribution in [0.15, 0.2) is 47.4 Å². The first-order valence-electron chi connectivity index (χ1n) is 9.56. The minimum Gasteiger partial charge on any atom is -0.353 e. The van der Waals surface area contributed by atoms with Gasteiger partial charge in [0.1, 0.15) is 0 Å². The van der Waals surface area contributed by atoms with Crippen molar-refractivity contribution in [3.8, 4) is 0 Å². The van der Waals surface area contributed by atoms with Crippen molar-refractivity contribution in [3.05, 3.63) is 74.1 Å². The molecular formula is C22H19Cl2N3O4S. The van der Waals surface area contributed by atoms with Gasteiger partial charge in [-0.05, 0) is 54.6 Å². The number of carbonyl (C=O) groups excluding carboxylic acids is 4. The van der Waals surface area contributed by atoms with Crippen LogP contribution in [0.2, 0.25) is 10.0 Å². The highest BCUT2D eigenvalue weighted by molar-refractivity contribution is 8.18. The van der Waals surface area contributed by atoms with Gasteiger partial charge in [-0.3, -0.25) is 24.1 Å². The van der Waals surface area contributed by atoms with Gasteiger partial charge in [0.05, 0.1) is 21.5 Å². The van der Waals surface area contributed by atoms with Crippen molar-refractivity contribution in [1.29, 1.82) is 0 Å². The highest BCUT2D eigenvalue weighted by Crippen LogP contribution is 2.33. The number of amides is 4. The number of hydrogen-bond acceptors (Lipinski definition) is 5. The second kappa shape index (κ2) is 10.7. The van der Waals surface area contributed by atoms with E-state index in [4.69, 9.17) is 23.2 Å². The summed E-state index contributed by atoms with van der Waals surface area (Å²) in [6, 6.07) is 11.9. The summed E-state index contributed by atoms with van der Waals surface area (Å²) in [6.45, 7) is 1.78. The molecule has 0 unspecified atom stereocenters. The fourth-order valence-corrected chi connectivity index (χ4v) is 3.96. The van der Waals surface area contributed by atoms with Gasteiger partial charge < -0.3 is 10.6 Å². The average Bonchev–Trinajstić information content (AvgIpc) is 3.02. The van der Waals surface area contributed by atoms with Crippen LogP contribution < -0.4 is 10.6 Å². The lowest BCUT2D eigenvalue weighted by Gasteiger charge is -2.13. The molecule has 2 N–H and O–H groups in total. The van der Waals surface area contributed by atoms with Crippen molar-refractivity contribution in [3.63, 3.8) is 0 Å². The molecule has 1 aliphatic heterocycles. The number of benzene rings is 2. The molecule has 0 radical (unpaired) electrons. The summed E-state index contributed by atoms with van der Waals surface area (Å²) in [5.41, 5.74) is 2.12. The molecule has 7 nitrogen and oxygen atoms in total. The first-order valence-corrected chi connectivity index (χ1v) is 11.1. The van der Waals surface area contributed by atoms with Crippen molar-refractivity contribution >= 4 is 64.0 Å². The van der Waals surface area contributed by atoms with Crippen LogP contribution in [0.3, 0.4) is 0 Å². The first kappa shape index (κ1) is 23.8. The Bertz CT molecular complexity index is 1100. The Hall–Kier alpha value is -2.81. The molecule has 0 aromatic heterocycles. The zero-order chi connectivity index (χ0) is 23.3. The monoisotopic (exact) mass is 491 g/mol. The molecular weight excluding hydrogens is 473 g/mol. The van der Waals surface area contributed by atoms with E-state index < -0.39 is 17.1 Å². The summed E-state index contributed by atoms with van der Waals surface area (Å²) < 4.78 is 0. The minimum absolute atomic E-state index is 0.0149. The van der Waals surface area contributed by atoms with E-state index in [1.165, 1.54) is 0 Å². The number of hydrogen-bond donors (Lipinski definition) is 2. The highest BCUT2D eigenvalue weighted by Gasteiger charge is 2.34. The third-order valence-electron chi connectivity index (χ3n) is 4.50. The lowest BCUT2D eigenvalue weighted by molar-refractivity contribution is -0.124. The number of nitrogens with zero attached hydrogens (tertiary/aromatic N) is 1. The molecule has 1 aliphatic rings. The van der Waals surface area contributed by atoms with Gasteiger partial charge in [0.15, 0.2) is 0 Å². The van der Waals surface area contributed by atoms with Crippen LogP contribution in [-0.4, -0.2) is 47.5 Å². The van der Waals surface area contributed by atoms with Gasteiger partial charge in [0.2, 0.25) is 5.91 Å². The second-order valence-corrected chi connectivity index (χ2v) is 8.71. The fourth-order valence-electron chi connectivity index (χ4n) is 2.78. The normalized spacial score (nSPS) is 14.7. The minimum atomic E-state index is -0.451. The van der Waals surface area contributed by atoms with E-state index in [1.807, 2.05) is 6.92 Å². The molecule has 10 heteroatoms. The van der Waals surface area contributed by atoms with Crippen LogP contribution in [-0.2, 0) is 9.59 Å². The lowest BCUT2D eigenvalue weighted by atomic mass is 10.1. The molecule has 166 valence electrons. The van der Waals surface area contributed by atoms with E-state index in [9.17, 15) is 19.2 Å². The van der Waals surface area contributed by atoms with Crippen molar-refractivity contribution in [2.24, 2.45) is 0 Å². The van der Waals surface area contributed by atoms with Gasteiger partial charge in [0, 0.05) is 18.7 Å². The lowest BCUT2D eigenvalue weighted by Crippen LogP contribution is -2.41. The van der Waals surface area contributed by atoms with Crippen molar-refractivity contribution in [2.45, 2.75) is 6.92 Å². The molecule has 32 heavy (non-hydrogen) atoms. The Kier molecular flexibility index (Phi) is 7.95. The zero-order valence-electron chi connectivity index (χ0n) is 17.0. The van der Waals surface area contributed by atoms with Crippen LogP contribution in [0.25, 0.3) is 6.08 Å². The van der Waals surface area contributed by atoms with E-state index in [-0.39, 0.29) is 30.4 Å². The zero-order valence-corrected chi connectivity index (χ0v) is 19.3. The van der Waals surface area contributed by atoms with Crippen LogP contribution >= 0.6 is 35.0 Å². The van der Waals surface area contributed by atoms with Gasteiger partial charge in [-0.1, -0.05) is 47.0 Å². The molecule has 0 aliphatic carbocycles. The second-order valence-electron chi connectivity index (χ2n) is 6.91. The molecule has 2 aromatic rings. The summed E-state index contributed by atoms with van der Waals surface area (Å²) >= 11 is 12.7. The van der Waals surface area contributed by atoms with Gasteiger partial charge >= 0.3 is 0 Å². The number of thioether (sulfide) groups is 1. The van der Waals surface area contributed by atoms with Gasteiger partial charge in [0.25, 0.3) is 17.1 Å². The predicted octanol–water partition coefficient (Wildman–Crippen LogP) is 3.88. The van der Waals surface area contributed by atoms with E-state index in [0.717, 1.165) is 22.2 Å². The number of aryl methyl sites for hydroxylation is 1. The van der Waals surface area contributed by atoms with Crippen LogP contribution in [0.5, 0.6) is 0 Å². The molecule has 1 saturated heterocycles. The topological polar surface area (TPSA) is 95.6 Å². The molecule has 4 amide bonds. The van der Waals surface area contributed by atoms with E-state index in [0.29, 0.717) is 21.2 Å². The number of rotatable bonds is 7. The van der Waals surface area contributed by atoms with Crippen LogP contribution in [0.1, 0.15) is 21.5 Å². The summed E-state index contributed by atoms with van der Waals surface area (Å²) in [5, 5.41) is 5.42. The van der Waals surface area contributed by atoms with E-state index >= 15 is 0 Å². The van der Waals surface area contributed by atoms with Gasteiger partial charge in [-0.2, -0.15) is 0 Å². The van der Waals surface area contributed by atoms with E-state index in [2.05, 4.69) is 10.6 Å². The van der Waals surface area contributed by atoms with Crippen LogP contribution in [0, 0.1) is 6.92 Å². The number of carbonyl (C=O) groups is 4. The molecule has 1 fully saturated rings. The summed E-state index contributed by atoms with van der Waals surface area (Å²) in [4.78, 5) is 50.1.